The van der Waals surface area contributed by atoms with Crippen molar-refractivity contribution < 1.29 is 14.6 Å². The maximum atomic E-state index is 12.5. The van der Waals surface area contributed by atoms with Gasteiger partial charge in [-0.2, -0.15) is 0 Å². The van der Waals surface area contributed by atoms with Crippen LogP contribution in [0.3, 0.4) is 0 Å². The van der Waals surface area contributed by atoms with Crippen LogP contribution in [0.1, 0.15) is 12.0 Å². The second kappa shape index (κ2) is 5.48. The zero-order chi connectivity index (χ0) is 15.7. The average molecular weight is 298 g/mol. The lowest BCUT2D eigenvalue weighted by Gasteiger charge is -2.07. The number of fused-ring (bicyclic) bond motifs is 2. The van der Waals surface area contributed by atoms with Crippen LogP contribution in [0.2, 0.25) is 0 Å². The highest BCUT2D eigenvalue weighted by Crippen LogP contribution is 2.17. The number of hydrogen-bond donors (Lipinski definition) is 1. The van der Waals surface area contributed by atoms with Crippen molar-refractivity contribution in [1.29, 1.82) is 0 Å². The van der Waals surface area contributed by atoms with Gasteiger partial charge in [0.15, 0.2) is 0 Å². The maximum absolute atomic E-state index is 12.5. The maximum Gasteiger partial charge on any atom is 0.303 e. The fourth-order valence-corrected chi connectivity index (χ4v) is 2.35. The second-order valence-electron chi connectivity index (χ2n) is 4.96. The summed E-state index contributed by atoms with van der Waals surface area (Å²) in [6.45, 7) is 0. The van der Waals surface area contributed by atoms with Gasteiger partial charge in [-0.05, 0) is 30.2 Å². The van der Waals surface area contributed by atoms with Crippen molar-refractivity contribution in [3.8, 4) is 5.75 Å². The number of carboxylic acid groups (broad SMARTS) is 1. The molecule has 0 bridgehead atoms. The molecule has 1 N–H and O–H groups in total. The van der Waals surface area contributed by atoms with Crippen molar-refractivity contribution in [1.82, 2.24) is 9.38 Å². The van der Waals surface area contributed by atoms with Crippen LogP contribution in [0.4, 0.5) is 0 Å². The number of carboxylic acids is 1. The molecule has 0 unspecified atom stereocenters. The smallest absolute Gasteiger partial charge is 0.303 e. The molecule has 0 aliphatic heterocycles. The zero-order valence-corrected chi connectivity index (χ0v) is 11.9. The lowest BCUT2D eigenvalue weighted by Crippen LogP contribution is -2.15. The number of rotatable bonds is 4. The molecule has 112 valence electrons. The van der Waals surface area contributed by atoms with Crippen molar-refractivity contribution in [2.24, 2.45) is 0 Å². The number of pyridine rings is 1. The molecule has 1 aromatic carbocycles. The molecule has 2 heterocycles. The Morgan fingerprint density at radius 2 is 2.14 bits per heavy atom. The number of hydrogen-bond acceptors (Lipinski definition) is 4. The Balaban J connectivity index is 2.16. The van der Waals surface area contributed by atoms with E-state index in [1.165, 1.54) is 4.40 Å². The highest BCUT2D eigenvalue weighted by Gasteiger charge is 2.08. The Morgan fingerprint density at radius 3 is 2.86 bits per heavy atom. The number of aryl methyl sites for hydroxylation is 1. The summed E-state index contributed by atoms with van der Waals surface area (Å²) in [5.41, 5.74) is 1.69. The van der Waals surface area contributed by atoms with Crippen molar-refractivity contribution in [2.45, 2.75) is 12.8 Å². The molecule has 6 heteroatoms. The fraction of sp³-hybridized carbons (Fsp3) is 0.188. The summed E-state index contributed by atoms with van der Waals surface area (Å²) >= 11 is 0. The molecule has 3 rings (SSSR count). The minimum Gasteiger partial charge on any atom is -0.497 e. The Kier molecular flexibility index (Phi) is 3.50. The first kappa shape index (κ1) is 14.1. The summed E-state index contributed by atoms with van der Waals surface area (Å²) < 4.78 is 6.59. The molecule has 0 fully saturated rings. The van der Waals surface area contributed by atoms with Crippen molar-refractivity contribution in [2.75, 3.05) is 7.11 Å². The lowest BCUT2D eigenvalue weighted by molar-refractivity contribution is -0.136. The predicted molar refractivity (Wildman–Crippen MR) is 81.5 cm³/mol. The molecular formula is C16H14N2O4. The van der Waals surface area contributed by atoms with E-state index in [1.807, 2.05) is 0 Å². The van der Waals surface area contributed by atoms with Gasteiger partial charge in [0.1, 0.15) is 11.4 Å². The van der Waals surface area contributed by atoms with Crippen LogP contribution in [0.5, 0.6) is 5.75 Å². The van der Waals surface area contributed by atoms with Crippen LogP contribution in [0.15, 0.2) is 41.3 Å². The van der Waals surface area contributed by atoms with Gasteiger partial charge in [-0.3, -0.25) is 14.0 Å². The normalized spacial score (nSPS) is 11.0. The van der Waals surface area contributed by atoms with Crippen molar-refractivity contribution >= 4 is 22.5 Å². The highest BCUT2D eigenvalue weighted by molar-refractivity contribution is 5.81. The predicted octanol–water partition coefficient (Wildman–Crippen LogP) is 1.87. The lowest BCUT2D eigenvalue weighted by atomic mass is 10.1. The Bertz CT molecular complexity index is 930. The third kappa shape index (κ3) is 2.50. The van der Waals surface area contributed by atoms with Gasteiger partial charge < -0.3 is 9.84 Å². The number of methoxy groups -OCH3 is 1. The van der Waals surface area contributed by atoms with Gasteiger partial charge in [-0.1, -0.05) is 6.07 Å². The molecule has 0 saturated carbocycles. The molecule has 0 atom stereocenters. The first-order valence-electron chi connectivity index (χ1n) is 6.79. The number of aliphatic carboxylic acids is 1. The highest BCUT2D eigenvalue weighted by atomic mass is 16.5. The molecule has 2 aromatic heterocycles. The number of ether oxygens (including phenoxy) is 1. The Hall–Kier alpha value is -2.89. The molecular weight excluding hydrogens is 284 g/mol. The minimum atomic E-state index is -0.865. The number of aromatic nitrogens is 2. The summed E-state index contributed by atoms with van der Waals surface area (Å²) in [5, 5.41) is 9.23. The molecule has 0 aliphatic carbocycles. The van der Waals surface area contributed by atoms with Gasteiger partial charge in [0.05, 0.1) is 18.0 Å². The molecule has 0 aliphatic rings. The van der Waals surface area contributed by atoms with Crippen LogP contribution in [-0.2, 0) is 11.2 Å². The number of carbonyl (C=O) groups is 1. The number of benzene rings is 1. The van der Waals surface area contributed by atoms with Crippen molar-refractivity contribution in [3.05, 3.63) is 52.4 Å². The standard InChI is InChI=1S/C16H14N2O4/c1-22-11-4-5-12-13(8-11)17-14-6-2-10(3-7-15(19)20)9-18(14)16(12)21/h2,4-6,8-9H,3,7H2,1H3,(H,19,20). The summed E-state index contributed by atoms with van der Waals surface area (Å²) in [7, 11) is 1.56. The van der Waals surface area contributed by atoms with Gasteiger partial charge >= 0.3 is 5.97 Å². The van der Waals surface area contributed by atoms with E-state index in [9.17, 15) is 9.59 Å². The average Bonchev–Trinajstić information content (AvgIpc) is 2.52. The fourth-order valence-electron chi connectivity index (χ4n) is 2.35. The van der Waals surface area contributed by atoms with Crippen LogP contribution in [-0.4, -0.2) is 27.6 Å². The van der Waals surface area contributed by atoms with E-state index in [0.29, 0.717) is 28.7 Å². The summed E-state index contributed by atoms with van der Waals surface area (Å²) in [4.78, 5) is 27.6. The Morgan fingerprint density at radius 1 is 1.32 bits per heavy atom. The molecule has 0 spiro atoms. The minimum absolute atomic E-state index is 0.0263. The summed E-state index contributed by atoms with van der Waals surface area (Å²) in [6, 6.07) is 8.62. The second-order valence-corrected chi connectivity index (χ2v) is 4.96. The first-order valence-corrected chi connectivity index (χ1v) is 6.79. The van der Waals surface area contributed by atoms with Gasteiger partial charge in [0.25, 0.3) is 5.56 Å². The van der Waals surface area contributed by atoms with Gasteiger partial charge in [0.2, 0.25) is 0 Å². The third-order valence-corrected chi connectivity index (χ3v) is 3.50. The summed E-state index contributed by atoms with van der Waals surface area (Å²) in [6.07, 6.45) is 2.05. The van der Waals surface area contributed by atoms with Gasteiger partial charge in [-0.25, -0.2) is 4.98 Å². The quantitative estimate of drug-likeness (QED) is 0.744. The van der Waals surface area contributed by atoms with E-state index in [-0.39, 0.29) is 12.0 Å². The van der Waals surface area contributed by atoms with Crippen LogP contribution in [0.25, 0.3) is 16.6 Å². The van der Waals surface area contributed by atoms with E-state index < -0.39 is 5.97 Å². The zero-order valence-electron chi connectivity index (χ0n) is 11.9. The van der Waals surface area contributed by atoms with E-state index in [0.717, 1.165) is 5.56 Å². The summed E-state index contributed by atoms with van der Waals surface area (Å²) in [5.74, 6) is -0.224. The van der Waals surface area contributed by atoms with E-state index in [1.54, 1.807) is 43.6 Å². The topological polar surface area (TPSA) is 80.9 Å². The van der Waals surface area contributed by atoms with E-state index >= 15 is 0 Å². The van der Waals surface area contributed by atoms with Crippen LogP contribution >= 0.6 is 0 Å². The van der Waals surface area contributed by atoms with Crippen LogP contribution < -0.4 is 10.3 Å². The molecule has 0 saturated heterocycles. The molecule has 0 amide bonds. The van der Waals surface area contributed by atoms with Gasteiger partial charge in [-0.15, -0.1) is 0 Å². The monoisotopic (exact) mass is 298 g/mol. The van der Waals surface area contributed by atoms with E-state index in [4.69, 9.17) is 9.84 Å². The molecule has 0 radical (unpaired) electrons. The largest absolute Gasteiger partial charge is 0.497 e. The van der Waals surface area contributed by atoms with E-state index in [2.05, 4.69) is 4.98 Å². The van der Waals surface area contributed by atoms with Crippen molar-refractivity contribution in [3.63, 3.8) is 0 Å². The van der Waals surface area contributed by atoms with Gasteiger partial charge in [0, 0.05) is 18.7 Å². The molecule has 3 aromatic rings. The third-order valence-electron chi connectivity index (χ3n) is 3.50. The first-order chi connectivity index (χ1) is 10.6. The molecule has 22 heavy (non-hydrogen) atoms. The van der Waals surface area contributed by atoms with Crippen LogP contribution in [0, 0.1) is 0 Å². The molecule has 6 nitrogen and oxygen atoms in total. The number of nitrogens with zero attached hydrogens (tertiary/aromatic N) is 2. The SMILES string of the molecule is COc1ccc2c(=O)n3cc(CCC(=O)O)ccc3nc2c1. The Labute approximate surface area is 125 Å².